The summed E-state index contributed by atoms with van der Waals surface area (Å²) in [5.41, 5.74) is 4.01. The van der Waals surface area contributed by atoms with Gasteiger partial charge in [-0.3, -0.25) is 8.96 Å². The number of nitrogens with zero attached hydrogens (tertiary/aromatic N) is 2. The fourth-order valence-electron chi connectivity index (χ4n) is 3.23. The summed E-state index contributed by atoms with van der Waals surface area (Å²) in [6.45, 7) is 0.780. The number of halogens is 2. The molecule has 28 heavy (non-hydrogen) atoms. The molecular formula is C22H19ClFN3S. The molecule has 0 amide bonds. The van der Waals surface area contributed by atoms with Crippen molar-refractivity contribution in [3.05, 3.63) is 94.7 Å². The minimum atomic E-state index is -0.274. The number of hydrogen-bond donors (Lipinski definition) is 1. The van der Waals surface area contributed by atoms with Gasteiger partial charge in [-0.25, -0.2) is 4.39 Å². The van der Waals surface area contributed by atoms with Crippen molar-refractivity contribution in [3.63, 3.8) is 0 Å². The van der Waals surface area contributed by atoms with Gasteiger partial charge < -0.3 is 5.32 Å². The number of aromatic nitrogens is 2. The predicted octanol–water partition coefficient (Wildman–Crippen LogP) is 5.69. The molecular weight excluding hydrogens is 393 g/mol. The first-order chi connectivity index (χ1) is 13.6. The van der Waals surface area contributed by atoms with E-state index >= 15 is 0 Å². The molecule has 0 aliphatic carbocycles. The highest BCUT2D eigenvalue weighted by Gasteiger charge is 2.12. The number of rotatable bonds is 6. The van der Waals surface area contributed by atoms with Crippen LogP contribution in [0.15, 0.2) is 72.0 Å². The molecule has 0 aliphatic heterocycles. The van der Waals surface area contributed by atoms with Crippen LogP contribution in [0.2, 0.25) is 5.02 Å². The predicted molar refractivity (Wildman–Crippen MR) is 114 cm³/mol. The highest BCUT2D eigenvalue weighted by Crippen LogP contribution is 2.31. The van der Waals surface area contributed by atoms with Crippen LogP contribution >= 0.6 is 23.5 Å². The van der Waals surface area contributed by atoms with Crippen LogP contribution in [0.4, 0.5) is 4.39 Å². The fourth-order valence-corrected chi connectivity index (χ4v) is 4.29. The first kappa shape index (κ1) is 19.0. The number of pyridine rings is 1. The molecule has 4 aromatic rings. The third-order valence-corrected chi connectivity index (χ3v) is 5.72. The van der Waals surface area contributed by atoms with Gasteiger partial charge in [0, 0.05) is 46.9 Å². The van der Waals surface area contributed by atoms with Crippen molar-refractivity contribution >= 4 is 34.5 Å². The average Bonchev–Trinajstić information content (AvgIpc) is 3.02. The van der Waals surface area contributed by atoms with Crippen molar-refractivity contribution in [2.75, 3.05) is 7.05 Å². The van der Waals surface area contributed by atoms with E-state index in [1.54, 1.807) is 30.3 Å². The monoisotopic (exact) mass is 411 g/mol. The number of benzene rings is 2. The molecule has 2 aromatic heterocycles. The van der Waals surface area contributed by atoms with E-state index in [0.717, 1.165) is 22.5 Å². The van der Waals surface area contributed by atoms with Crippen LogP contribution < -0.4 is 5.32 Å². The number of nitrogens with one attached hydrogen (secondary N) is 1. The zero-order chi connectivity index (χ0) is 19.5. The standard InChI is InChI=1S/C22H19ClFN3S/c1-25-12-17-14-27(28-19-3-2-8-26-13-19)22-10-15(4-7-20(17)22)9-16-5-6-18(23)11-21(16)24/h2-8,10-11,13-14,25H,9,12H2,1H3. The van der Waals surface area contributed by atoms with Crippen molar-refractivity contribution in [2.24, 2.45) is 0 Å². The quantitative estimate of drug-likeness (QED) is 0.441. The zero-order valence-electron chi connectivity index (χ0n) is 15.3. The lowest BCUT2D eigenvalue weighted by Gasteiger charge is -2.07. The molecule has 2 aromatic carbocycles. The Morgan fingerprint density at radius 3 is 2.79 bits per heavy atom. The molecule has 0 fully saturated rings. The second-order valence-electron chi connectivity index (χ2n) is 6.55. The molecule has 1 N–H and O–H groups in total. The Morgan fingerprint density at radius 2 is 2.04 bits per heavy atom. The summed E-state index contributed by atoms with van der Waals surface area (Å²) in [6.07, 6.45) is 6.28. The lowest BCUT2D eigenvalue weighted by atomic mass is 10.0. The van der Waals surface area contributed by atoms with E-state index in [4.69, 9.17) is 11.6 Å². The summed E-state index contributed by atoms with van der Waals surface area (Å²) in [7, 11) is 1.94. The molecule has 4 rings (SSSR count). The summed E-state index contributed by atoms with van der Waals surface area (Å²) < 4.78 is 16.4. The van der Waals surface area contributed by atoms with E-state index in [0.29, 0.717) is 17.0 Å². The summed E-state index contributed by atoms with van der Waals surface area (Å²) >= 11 is 7.49. The van der Waals surface area contributed by atoms with Gasteiger partial charge in [0.2, 0.25) is 0 Å². The minimum absolute atomic E-state index is 0.274. The lowest BCUT2D eigenvalue weighted by molar-refractivity contribution is 0.614. The maximum Gasteiger partial charge on any atom is 0.128 e. The van der Waals surface area contributed by atoms with Crippen molar-refractivity contribution in [2.45, 2.75) is 17.9 Å². The molecule has 0 bridgehead atoms. The molecule has 0 atom stereocenters. The average molecular weight is 412 g/mol. The zero-order valence-corrected chi connectivity index (χ0v) is 16.9. The maximum atomic E-state index is 14.2. The lowest BCUT2D eigenvalue weighted by Crippen LogP contribution is -2.04. The van der Waals surface area contributed by atoms with Crippen LogP contribution in [0.5, 0.6) is 0 Å². The Kier molecular flexibility index (Phi) is 5.67. The second kappa shape index (κ2) is 8.35. The van der Waals surface area contributed by atoms with E-state index in [1.807, 2.05) is 25.4 Å². The van der Waals surface area contributed by atoms with E-state index in [9.17, 15) is 4.39 Å². The van der Waals surface area contributed by atoms with Crippen molar-refractivity contribution in [1.82, 2.24) is 14.3 Å². The third kappa shape index (κ3) is 4.07. The molecule has 142 valence electrons. The normalized spacial score (nSPS) is 11.2. The molecule has 0 saturated carbocycles. The van der Waals surface area contributed by atoms with Crippen LogP contribution in [0.3, 0.4) is 0 Å². The van der Waals surface area contributed by atoms with Crippen LogP contribution in [0.25, 0.3) is 10.9 Å². The highest BCUT2D eigenvalue weighted by molar-refractivity contribution is 7.98. The van der Waals surface area contributed by atoms with Crippen LogP contribution in [0, 0.1) is 5.82 Å². The van der Waals surface area contributed by atoms with Gasteiger partial charge in [-0.05, 0) is 66.0 Å². The van der Waals surface area contributed by atoms with E-state index in [-0.39, 0.29) is 5.82 Å². The Labute approximate surface area is 172 Å². The molecule has 6 heteroatoms. The SMILES string of the molecule is CNCc1cn(Sc2cccnc2)c2cc(Cc3ccc(Cl)cc3F)ccc12. The van der Waals surface area contributed by atoms with E-state index in [2.05, 4.69) is 38.7 Å². The summed E-state index contributed by atoms with van der Waals surface area (Å²) in [5.74, 6) is -0.274. The van der Waals surface area contributed by atoms with Crippen LogP contribution in [0.1, 0.15) is 16.7 Å². The summed E-state index contributed by atoms with van der Waals surface area (Å²) in [4.78, 5) is 5.26. The number of fused-ring (bicyclic) bond motifs is 1. The topological polar surface area (TPSA) is 29.9 Å². The molecule has 0 saturated heterocycles. The van der Waals surface area contributed by atoms with Gasteiger partial charge in [-0.15, -0.1) is 0 Å². The Morgan fingerprint density at radius 1 is 1.14 bits per heavy atom. The van der Waals surface area contributed by atoms with Gasteiger partial charge in [0.25, 0.3) is 0 Å². The van der Waals surface area contributed by atoms with Crippen molar-refractivity contribution in [1.29, 1.82) is 0 Å². The van der Waals surface area contributed by atoms with Crippen LogP contribution in [-0.4, -0.2) is 16.0 Å². The van der Waals surface area contributed by atoms with Gasteiger partial charge in [0.05, 0.1) is 5.52 Å². The maximum absolute atomic E-state index is 14.2. The Bertz CT molecular complexity index is 1110. The van der Waals surface area contributed by atoms with Gasteiger partial charge in [0.15, 0.2) is 0 Å². The smallest absolute Gasteiger partial charge is 0.128 e. The Hall–Kier alpha value is -2.34. The first-order valence-corrected chi connectivity index (χ1v) is 10.1. The summed E-state index contributed by atoms with van der Waals surface area (Å²) in [6, 6.07) is 15.1. The van der Waals surface area contributed by atoms with Gasteiger partial charge in [0.1, 0.15) is 5.82 Å². The molecule has 0 aliphatic rings. The van der Waals surface area contributed by atoms with E-state index in [1.165, 1.54) is 17.0 Å². The molecule has 2 heterocycles. The second-order valence-corrected chi connectivity index (χ2v) is 8.04. The van der Waals surface area contributed by atoms with Gasteiger partial charge >= 0.3 is 0 Å². The van der Waals surface area contributed by atoms with Crippen LogP contribution in [-0.2, 0) is 13.0 Å². The van der Waals surface area contributed by atoms with E-state index < -0.39 is 0 Å². The first-order valence-electron chi connectivity index (χ1n) is 8.94. The van der Waals surface area contributed by atoms with Crippen molar-refractivity contribution < 1.29 is 4.39 Å². The molecule has 0 radical (unpaired) electrons. The molecule has 0 unspecified atom stereocenters. The Balaban J connectivity index is 1.73. The van der Waals surface area contributed by atoms with Gasteiger partial charge in [-0.2, -0.15) is 0 Å². The summed E-state index contributed by atoms with van der Waals surface area (Å²) in [5, 5.41) is 4.82. The molecule has 3 nitrogen and oxygen atoms in total. The van der Waals surface area contributed by atoms with Gasteiger partial charge in [-0.1, -0.05) is 29.8 Å². The largest absolute Gasteiger partial charge is 0.316 e. The van der Waals surface area contributed by atoms with Crippen molar-refractivity contribution in [3.8, 4) is 0 Å². The minimum Gasteiger partial charge on any atom is -0.316 e. The highest BCUT2D eigenvalue weighted by atomic mass is 35.5. The fraction of sp³-hybridized carbons (Fsp3) is 0.136. The molecule has 0 spiro atoms. The number of hydrogen-bond acceptors (Lipinski definition) is 3. The third-order valence-electron chi connectivity index (χ3n) is 4.53.